The van der Waals surface area contributed by atoms with Crippen LogP contribution in [0, 0.1) is 0 Å². The van der Waals surface area contributed by atoms with E-state index in [1.165, 1.54) is 11.3 Å². The van der Waals surface area contributed by atoms with Crippen molar-refractivity contribution in [2.24, 2.45) is 0 Å². The van der Waals surface area contributed by atoms with Gasteiger partial charge in [0.15, 0.2) is 6.10 Å². The van der Waals surface area contributed by atoms with Crippen LogP contribution in [0.25, 0.3) is 9.88 Å². The number of thiazole rings is 1. The zero-order valence-corrected chi connectivity index (χ0v) is 18.0. The van der Waals surface area contributed by atoms with E-state index in [9.17, 15) is 9.59 Å². The lowest BCUT2D eigenvalue weighted by Crippen LogP contribution is -2.52. The highest BCUT2D eigenvalue weighted by Gasteiger charge is 2.37. The van der Waals surface area contributed by atoms with Gasteiger partial charge in [-0.3, -0.25) is 14.5 Å². The van der Waals surface area contributed by atoms with Crippen LogP contribution in [0.2, 0.25) is 0 Å². The van der Waals surface area contributed by atoms with Crippen LogP contribution in [0.3, 0.4) is 0 Å². The number of aromatic nitrogens is 1. The maximum Gasteiger partial charge on any atom is 0.278 e. The first-order valence-electron chi connectivity index (χ1n) is 10.1. The summed E-state index contributed by atoms with van der Waals surface area (Å²) >= 11 is 3.05. The van der Waals surface area contributed by atoms with Crippen LogP contribution in [-0.4, -0.2) is 47.4 Å². The normalized spacial score (nSPS) is 18.6. The summed E-state index contributed by atoms with van der Waals surface area (Å²) < 4.78 is 6.03. The van der Waals surface area contributed by atoms with Crippen molar-refractivity contribution in [3.8, 4) is 15.6 Å². The summed E-state index contributed by atoms with van der Waals surface area (Å²) in [6, 6.07) is 11.3. The molecular formula is C22H21N3O3S2. The Bertz CT molecular complexity index is 1060. The second kappa shape index (κ2) is 8.20. The molecule has 6 nitrogen and oxygen atoms in total. The quantitative estimate of drug-likeness (QED) is 0.611. The second-order valence-electron chi connectivity index (χ2n) is 7.39. The summed E-state index contributed by atoms with van der Waals surface area (Å²) in [5, 5.41) is 4.61. The SMILES string of the molecule is O=C([C@@H]1CN(C(=O)c2csc(-c3cccs3)n2)c2ccccc2O1)N1CCCCC1. The molecule has 0 saturated carbocycles. The molecule has 2 aliphatic heterocycles. The van der Waals surface area contributed by atoms with Crippen LogP contribution >= 0.6 is 22.7 Å². The number of benzene rings is 1. The van der Waals surface area contributed by atoms with Crippen LogP contribution in [0.5, 0.6) is 5.75 Å². The van der Waals surface area contributed by atoms with Gasteiger partial charge >= 0.3 is 0 Å². The number of thiophene rings is 1. The highest BCUT2D eigenvalue weighted by Crippen LogP contribution is 2.35. The summed E-state index contributed by atoms with van der Waals surface area (Å²) in [6.45, 7) is 1.70. The molecule has 0 N–H and O–H groups in total. The van der Waals surface area contributed by atoms with Crippen molar-refractivity contribution < 1.29 is 14.3 Å². The van der Waals surface area contributed by atoms with Crippen LogP contribution in [0.15, 0.2) is 47.2 Å². The number of carbonyl (C=O) groups excluding carboxylic acids is 2. The zero-order valence-electron chi connectivity index (χ0n) is 16.3. The Balaban J connectivity index is 1.43. The molecule has 2 aromatic heterocycles. The molecule has 4 heterocycles. The number of carbonyl (C=O) groups is 2. The molecule has 2 amide bonds. The number of piperidine rings is 1. The summed E-state index contributed by atoms with van der Waals surface area (Å²) in [4.78, 5) is 35.6. The summed E-state index contributed by atoms with van der Waals surface area (Å²) in [7, 11) is 0. The van der Waals surface area contributed by atoms with Crippen LogP contribution in [-0.2, 0) is 4.79 Å². The monoisotopic (exact) mass is 439 g/mol. The van der Waals surface area contributed by atoms with E-state index in [1.54, 1.807) is 21.6 Å². The average Bonchev–Trinajstić information content (AvgIpc) is 3.50. The van der Waals surface area contributed by atoms with Crippen molar-refractivity contribution in [1.29, 1.82) is 0 Å². The summed E-state index contributed by atoms with van der Waals surface area (Å²) in [5.74, 6) is 0.307. The minimum absolute atomic E-state index is 0.0421. The molecule has 0 aliphatic carbocycles. The summed E-state index contributed by atoms with van der Waals surface area (Å²) in [5.41, 5.74) is 1.07. The fraction of sp³-hybridized carbons (Fsp3) is 0.318. The van der Waals surface area contributed by atoms with Gasteiger partial charge in [0.2, 0.25) is 0 Å². The van der Waals surface area contributed by atoms with Gasteiger partial charge in [0.1, 0.15) is 16.5 Å². The Kier molecular flexibility index (Phi) is 5.26. The predicted octanol–water partition coefficient (Wildman–Crippen LogP) is 4.29. The number of ether oxygens (including phenoxy) is 1. The van der Waals surface area contributed by atoms with Gasteiger partial charge in [-0.1, -0.05) is 18.2 Å². The number of anilines is 1. The molecule has 1 aromatic carbocycles. The fourth-order valence-corrected chi connectivity index (χ4v) is 5.50. The topological polar surface area (TPSA) is 62.7 Å². The minimum Gasteiger partial charge on any atom is -0.476 e. The number of hydrogen-bond donors (Lipinski definition) is 0. The van der Waals surface area contributed by atoms with Gasteiger partial charge in [-0.2, -0.15) is 0 Å². The largest absolute Gasteiger partial charge is 0.476 e. The molecule has 5 rings (SSSR count). The van der Waals surface area contributed by atoms with E-state index < -0.39 is 6.10 Å². The number of amides is 2. The number of rotatable bonds is 3. The zero-order chi connectivity index (χ0) is 20.5. The molecule has 1 fully saturated rings. The third-order valence-electron chi connectivity index (χ3n) is 5.42. The van der Waals surface area contributed by atoms with Gasteiger partial charge in [-0.15, -0.1) is 22.7 Å². The fourth-order valence-electron chi connectivity index (χ4n) is 3.90. The smallest absolute Gasteiger partial charge is 0.278 e. The number of nitrogens with zero attached hydrogens (tertiary/aromatic N) is 3. The number of fused-ring (bicyclic) bond motifs is 1. The third-order valence-corrected chi connectivity index (χ3v) is 7.30. The lowest BCUT2D eigenvalue weighted by atomic mass is 10.1. The van der Waals surface area contributed by atoms with E-state index in [4.69, 9.17) is 4.74 Å². The second-order valence-corrected chi connectivity index (χ2v) is 9.20. The lowest BCUT2D eigenvalue weighted by molar-refractivity contribution is -0.139. The Morgan fingerprint density at radius 2 is 1.87 bits per heavy atom. The average molecular weight is 440 g/mol. The maximum absolute atomic E-state index is 13.4. The molecule has 0 radical (unpaired) electrons. The number of hydrogen-bond acceptors (Lipinski definition) is 6. The molecule has 0 spiro atoms. The molecule has 2 aliphatic rings. The van der Waals surface area contributed by atoms with E-state index in [-0.39, 0.29) is 18.4 Å². The van der Waals surface area contributed by atoms with Crippen LogP contribution < -0.4 is 9.64 Å². The highest BCUT2D eigenvalue weighted by atomic mass is 32.1. The van der Waals surface area contributed by atoms with E-state index in [0.29, 0.717) is 17.1 Å². The van der Waals surface area contributed by atoms with Gasteiger partial charge in [0, 0.05) is 18.5 Å². The van der Waals surface area contributed by atoms with Crippen molar-refractivity contribution in [2.45, 2.75) is 25.4 Å². The Hall–Kier alpha value is -2.71. The minimum atomic E-state index is -0.697. The molecule has 3 aromatic rings. The van der Waals surface area contributed by atoms with Crippen molar-refractivity contribution in [1.82, 2.24) is 9.88 Å². The third kappa shape index (κ3) is 3.61. The molecule has 154 valence electrons. The first kappa shape index (κ1) is 19.3. The van der Waals surface area contributed by atoms with Gasteiger partial charge in [-0.05, 0) is 42.8 Å². The van der Waals surface area contributed by atoms with Crippen LogP contribution in [0.1, 0.15) is 29.8 Å². The molecule has 1 atom stereocenters. The molecule has 1 saturated heterocycles. The van der Waals surface area contributed by atoms with E-state index in [0.717, 1.165) is 42.2 Å². The Morgan fingerprint density at radius 1 is 1.03 bits per heavy atom. The molecule has 0 unspecified atom stereocenters. The maximum atomic E-state index is 13.4. The highest BCUT2D eigenvalue weighted by molar-refractivity contribution is 7.20. The molecule has 30 heavy (non-hydrogen) atoms. The molecule has 8 heteroatoms. The van der Waals surface area contributed by atoms with Crippen molar-refractivity contribution in [3.63, 3.8) is 0 Å². The van der Waals surface area contributed by atoms with Gasteiger partial charge < -0.3 is 9.64 Å². The first-order chi connectivity index (χ1) is 14.7. The van der Waals surface area contributed by atoms with Crippen molar-refractivity contribution in [2.75, 3.05) is 24.5 Å². The van der Waals surface area contributed by atoms with E-state index in [1.807, 2.05) is 46.7 Å². The summed E-state index contributed by atoms with van der Waals surface area (Å²) in [6.07, 6.45) is 2.49. The number of para-hydroxylation sites is 2. The Labute approximate surface area is 182 Å². The van der Waals surface area contributed by atoms with Crippen LogP contribution in [0.4, 0.5) is 5.69 Å². The first-order valence-corrected chi connectivity index (χ1v) is 11.8. The lowest BCUT2D eigenvalue weighted by Gasteiger charge is -2.37. The molecular weight excluding hydrogens is 418 g/mol. The van der Waals surface area contributed by atoms with Gasteiger partial charge in [-0.25, -0.2) is 4.98 Å². The predicted molar refractivity (Wildman–Crippen MR) is 118 cm³/mol. The van der Waals surface area contributed by atoms with Crippen molar-refractivity contribution in [3.05, 3.63) is 52.9 Å². The molecule has 0 bridgehead atoms. The van der Waals surface area contributed by atoms with Gasteiger partial charge in [0.25, 0.3) is 11.8 Å². The number of likely N-dealkylation sites (tertiary alicyclic amines) is 1. The van der Waals surface area contributed by atoms with E-state index >= 15 is 0 Å². The van der Waals surface area contributed by atoms with E-state index in [2.05, 4.69) is 4.98 Å². The standard InChI is InChI=1S/C22H21N3O3S2/c26-21(15-14-30-20(23-15)19-9-6-12-29-19)25-13-18(22(27)24-10-4-1-5-11-24)28-17-8-3-2-7-16(17)25/h2-3,6-9,12,14,18H,1,4-5,10-11,13H2/t18-/m0/s1. The van der Waals surface area contributed by atoms with Gasteiger partial charge in [0.05, 0.1) is 17.1 Å². The Morgan fingerprint density at radius 3 is 2.67 bits per heavy atom. The van der Waals surface area contributed by atoms with Crippen molar-refractivity contribution >= 4 is 40.2 Å².